The summed E-state index contributed by atoms with van der Waals surface area (Å²) in [4.78, 5) is 12.8. The first-order chi connectivity index (χ1) is 9.09. The van der Waals surface area contributed by atoms with Gasteiger partial charge in [0, 0.05) is 17.5 Å². The molecule has 1 aromatic carbocycles. The quantitative estimate of drug-likeness (QED) is 0.661. The highest BCUT2D eigenvalue weighted by atomic mass is 35.5. The van der Waals surface area contributed by atoms with Crippen LogP contribution in [0, 0.1) is 5.41 Å². The Bertz CT molecular complexity index is 465. The van der Waals surface area contributed by atoms with Crippen LogP contribution < -0.4 is 5.73 Å². The summed E-state index contributed by atoms with van der Waals surface area (Å²) in [6.45, 7) is 0.409. The minimum Gasteiger partial charge on any atom is -0.329 e. The molecule has 0 unspecified atom stereocenters. The lowest BCUT2D eigenvalue weighted by Gasteiger charge is -2.29. The van der Waals surface area contributed by atoms with Crippen LogP contribution in [0.2, 0.25) is 10.0 Å². The van der Waals surface area contributed by atoms with Gasteiger partial charge in [0.2, 0.25) is 0 Å². The molecule has 0 spiro atoms. The summed E-state index contributed by atoms with van der Waals surface area (Å²) >= 11 is 11.9. The van der Waals surface area contributed by atoms with Crippen LogP contribution in [0.25, 0.3) is 0 Å². The molecule has 0 saturated heterocycles. The molecule has 1 aliphatic rings. The minimum atomic E-state index is -0.409. The maximum absolute atomic E-state index is 12.8. The third kappa shape index (κ3) is 3.13. The fourth-order valence-corrected chi connectivity index (χ4v) is 3.17. The Labute approximate surface area is 124 Å². The molecule has 0 aromatic heterocycles. The van der Waals surface area contributed by atoms with E-state index < -0.39 is 5.41 Å². The van der Waals surface area contributed by atoms with Gasteiger partial charge in [-0.25, -0.2) is 0 Å². The van der Waals surface area contributed by atoms with Crippen molar-refractivity contribution in [1.82, 2.24) is 0 Å². The molecule has 0 atom stereocenters. The van der Waals surface area contributed by atoms with Crippen molar-refractivity contribution in [3.63, 3.8) is 0 Å². The molecule has 1 fully saturated rings. The second-order valence-corrected chi connectivity index (χ2v) is 6.17. The molecule has 4 heteroatoms. The molecule has 104 valence electrons. The third-order valence-electron chi connectivity index (χ3n) is 4.11. The summed E-state index contributed by atoms with van der Waals surface area (Å²) in [5.41, 5.74) is 6.15. The van der Waals surface area contributed by atoms with E-state index in [0.29, 0.717) is 22.2 Å². The molecule has 2 rings (SSSR count). The van der Waals surface area contributed by atoms with E-state index >= 15 is 0 Å². The van der Waals surface area contributed by atoms with Crippen molar-refractivity contribution < 1.29 is 4.79 Å². The van der Waals surface area contributed by atoms with Gasteiger partial charge < -0.3 is 5.73 Å². The molecule has 19 heavy (non-hydrogen) atoms. The number of benzene rings is 1. The number of carbonyl (C=O) groups is 1. The molecule has 0 heterocycles. The van der Waals surface area contributed by atoms with E-state index in [1.165, 1.54) is 12.8 Å². The molecule has 1 aliphatic carbocycles. The largest absolute Gasteiger partial charge is 0.329 e. The van der Waals surface area contributed by atoms with Gasteiger partial charge >= 0.3 is 0 Å². The highest BCUT2D eigenvalue weighted by molar-refractivity contribution is 6.42. The number of ketones is 1. The summed E-state index contributed by atoms with van der Waals surface area (Å²) in [5, 5.41) is 0.897. The van der Waals surface area contributed by atoms with E-state index in [1.54, 1.807) is 18.2 Å². The highest BCUT2D eigenvalue weighted by Gasteiger charge is 2.37. The van der Waals surface area contributed by atoms with Crippen molar-refractivity contribution in [2.24, 2.45) is 11.1 Å². The molecule has 0 bridgehead atoms. The first kappa shape index (κ1) is 14.8. The average Bonchev–Trinajstić information content (AvgIpc) is 2.67. The van der Waals surface area contributed by atoms with Crippen LogP contribution in [0.4, 0.5) is 0 Å². The highest BCUT2D eigenvalue weighted by Crippen LogP contribution is 2.38. The monoisotopic (exact) mass is 299 g/mol. The average molecular weight is 300 g/mol. The SMILES string of the molecule is NCC1(C(=O)c2ccc(Cl)c(Cl)c2)CCCCCC1. The van der Waals surface area contributed by atoms with E-state index in [1.807, 2.05) is 0 Å². The summed E-state index contributed by atoms with van der Waals surface area (Å²) in [7, 11) is 0. The fourth-order valence-electron chi connectivity index (χ4n) is 2.87. The van der Waals surface area contributed by atoms with Gasteiger partial charge in [0.05, 0.1) is 10.0 Å². The van der Waals surface area contributed by atoms with Crippen LogP contribution in [0.1, 0.15) is 48.9 Å². The lowest BCUT2D eigenvalue weighted by molar-refractivity contribution is 0.0774. The van der Waals surface area contributed by atoms with E-state index in [2.05, 4.69) is 0 Å². The molecular formula is C15H19Cl2NO. The van der Waals surface area contributed by atoms with Gasteiger partial charge in [-0.15, -0.1) is 0 Å². The Balaban J connectivity index is 2.31. The van der Waals surface area contributed by atoms with E-state index in [0.717, 1.165) is 25.7 Å². The van der Waals surface area contributed by atoms with Gasteiger partial charge in [-0.3, -0.25) is 4.79 Å². The molecule has 0 aliphatic heterocycles. The molecule has 0 radical (unpaired) electrons. The number of Topliss-reactive ketones (excluding diaryl/α,β-unsaturated/α-hetero) is 1. The third-order valence-corrected chi connectivity index (χ3v) is 4.85. The number of hydrogen-bond acceptors (Lipinski definition) is 2. The second-order valence-electron chi connectivity index (χ2n) is 5.36. The first-order valence-corrected chi connectivity index (χ1v) is 7.54. The zero-order valence-electron chi connectivity index (χ0n) is 10.9. The zero-order valence-corrected chi connectivity index (χ0v) is 12.4. The number of nitrogens with two attached hydrogens (primary N) is 1. The molecule has 1 saturated carbocycles. The predicted octanol–water partition coefficient (Wildman–Crippen LogP) is 4.48. The Kier molecular flexibility index (Phi) is 4.88. The first-order valence-electron chi connectivity index (χ1n) is 6.79. The van der Waals surface area contributed by atoms with Crippen molar-refractivity contribution in [1.29, 1.82) is 0 Å². The molecule has 0 amide bonds. The summed E-state index contributed by atoms with van der Waals surface area (Å²) < 4.78 is 0. The van der Waals surface area contributed by atoms with E-state index in [-0.39, 0.29) is 5.78 Å². The Morgan fingerprint density at radius 1 is 1.11 bits per heavy atom. The van der Waals surface area contributed by atoms with Gasteiger partial charge in [0.15, 0.2) is 5.78 Å². The van der Waals surface area contributed by atoms with Crippen LogP contribution >= 0.6 is 23.2 Å². The fraction of sp³-hybridized carbons (Fsp3) is 0.533. The normalized spacial score (nSPS) is 18.9. The number of rotatable bonds is 3. The standard InChI is InChI=1S/C15H19Cl2NO/c16-12-6-5-11(9-13(12)17)14(19)15(10-18)7-3-1-2-4-8-15/h5-6,9H,1-4,7-8,10,18H2. The Hall–Kier alpha value is -0.570. The van der Waals surface area contributed by atoms with Gasteiger partial charge in [0.25, 0.3) is 0 Å². The maximum Gasteiger partial charge on any atom is 0.170 e. The zero-order chi connectivity index (χ0) is 13.9. The molecule has 1 aromatic rings. The van der Waals surface area contributed by atoms with Crippen molar-refractivity contribution in [2.75, 3.05) is 6.54 Å². The van der Waals surface area contributed by atoms with Gasteiger partial charge in [-0.1, -0.05) is 48.9 Å². The van der Waals surface area contributed by atoms with Crippen LogP contribution in [0.15, 0.2) is 18.2 Å². The maximum atomic E-state index is 12.8. The smallest absolute Gasteiger partial charge is 0.170 e. The van der Waals surface area contributed by atoms with Crippen LogP contribution in [-0.2, 0) is 0 Å². The van der Waals surface area contributed by atoms with E-state index in [4.69, 9.17) is 28.9 Å². The van der Waals surface area contributed by atoms with Crippen LogP contribution in [0.5, 0.6) is 0 Å². The number of hydrogen-bond donors (Lipinski definition) is 1. The van der Waals surface area contributed by atoms with Gasteiger partial charge in [0.1, 0.15) is 0 Å². The summed E-state index contributed by atoms with van der Waals surface area (Å²) in [5.74, 6) is 0.121. The Morgan fingerprint density at radius 2 is 1.74 bits per heavy atom. The molecular weight excluding hydrogens is 281 g/mol. The second kappa shape index (κ2) is 6.25. The van der Waals surface area contributed by atoms with Gasteiger partial charge in [-0.05, 0) is 31.0 Å². The van der Waals surface area contributed by atoms with Crippen molar-refractivity contribution in [3.8, 4) is 0 Å². The number of halogens is 2. The van der Waals surface area contributed by atoms with Crippen molar-refractivity contribution in [2.45, 2.75) is 38.5 Å². The number of carbonyl (C=O) groups excluding carboxylic acids is 1. The van der Waals surface area contributed by atoms with E-state index in [9.17, 15) is 4.79 Å². The molecule has 2 nitrogen and oxygen atoms in total. The van der Waals surface area contributed by atoms with Crippen molar-refractivity contribution in [3.05, 3.63) is 33.8 Å². The Morgan fingerprint density at radius 3 is 2.26 bits per heavy atom. The van der Waals surface area contributed by atoms with Crippen LogP contribution in [-0.4, -0.2) is 12.3 Å². The minimum absolute atomic E-state index is 0.121. The van der Waals surface area contributed by atoms with Gasteiger partial charge in [-0.2, -0.15) is 0 Å². The summed E-state index contributed by atoms with van der Waals surface area (Å²) in [6.07, 6.45) is 6.28. The lowest BCUT2D eigenvalue weighted by atomic mass is 9.74. The summed E-state index contributed by atoms with van der Waals surface area (Å²) in [6, 6.07) is 5.09. The predicted molar refractivity (Wildman–Crippen MR) is 80.0 cm³/mol. The lowest BCUT2D eigenvalue weighted by Crippen LogP contribution is -2.38. The topological polar surface area (TPSA) is 43.1 Å². The van der Waals surface area contributed by atoms with Crippen molar-refractivity contribution >= 4 is 29.0 Å². The van der Waals surface area contributed by atoms with Crippen LogP contribution in [0.3, 0.4) is 0 Å². The molecule has 2 N–H and O–H groups in total.